The highest BCUT2D eigenvalue weighted by Crippen LogP contribution is 2.48. The van der Waals surface area contributed by atoms with Crippen molar-refractivity contribution < 1.29 is 14.7 Å². The topological polar surface area (TPSA) is 41.9 Å². The Labute approximate surface area is 177 Å². The molecule has 0 aromatic heterocycles. The molecule has 1 saturated heterocycles. The zero-order valence-electron chi connectivity index (χ0n) is 18.7. The SMILES string of the molecule is CC1(CCC2CCCCC2)CCCN(OCC(O)COc2ccccc2)C1(C)C. The van der Waals surface area contributed by atoms with E-state index in [-0.39, 0.29) is 24.2 Å². The lowest BCUT2D eigenvalue weighted by Crippen LogP contribution is -2.59. The first-order valence-electron chi connectivity index (χ1n) is 11.7. The lowest BCUT2D eigenvalue weighted by atomic mass is 9.63. The summed E-state index contributed by atoms with van der Waals surface area (Å²) in [5.41, 5.74) is 0.202. The number of hydroxylamine groups is 2. The number of benzene rings is 1. The Balaban J connectivity index is 1.48. The number of aliphatic hydroxyl groups is 1. The predicted molar refractivity (Wildman–Crippen MR) is 118 cm³/mol. The van der Waals surface area contributed by atoms with Gasteiger partial charge in [0.25, 0.3) is 0 Å². The minimum Gasteiger partial charge on any atom is -0.491 e. The molecule has 2 aliphatic rings. The van der Waals surface area contributed by atoms with Gasteiger partial charge in [-0.1, -0.05) is 57.2 Å². The highest BCUT2D eigenvalue weighted by molar-refractivity contribution is 5.20. The molecule has 1 heterocycles. The van der Waals surface area contributed by atoms with Gasteiger partial charge >= 0.3 is 0 Å². The van der Waals surface area contributed by atoms with Crippen LogP contribution in [0.3, 0.4) is 0 Å². The fraction of sp³-hybridized carbons (Fsp3) is 0.760. The number of hydrogen-bond donors (Lipinski definition) is 1. The second-order valence-corrected chi connectivity index (χ2v) is 9.94. The first-order valence-corrected chi connectivity index (χ1v) is 11.7. The number of nitrogens with zero attached hydrogens (tertiary/aromatic N) is 1. The maximum atomic E-state index is 10.3. The van der Waals surface area contributed by atoms with Crippen LogP contribution in [0.1, 0.15) is 78.6 Å². The Morgan fingerprint density at radius 2 is 1.76 bits per heavy atom. The summed E-state index contributed by atoms with van der Waals surface area (Å²) in [5, 5.41) is 12.5. The minimum absolute atomic E-state index is 0.0417. The predicted octanol–water partition coefficient (Wildman–Crippen LogP) is 5.60. The van der Waals surface area contributed by atoms with Gasteiger partial charge in [0.2, 0.25) is 0 Å². The van der Waals surface area contributed by atoms with E-state index in [1.807, 2.05) is 30.3 Å². The van der Waals surface area contributed by atoms with Gasteiger partial charge < -0.3 is 9.84 Å². The van der Waals surface area contributed by atoms with Gasteiger partial charge in [-0.05, 0) is 63.0 Å². The highest BCUT2D eigenvalue weighted by Gasteiger charge is 2.48. The molecule has 1 aliphatic heterocycles. The number of para-hydroxylation sites is 1. The Hall–Kier alpha value is -1.10. The summed E-state index contributed by atoms with van der Waals surface area (Å²) in [5.74, 6) is 1.70. The quantitative estimate of drug-likeness (QED) is 0.583. The van der Waals surface area contributed by atoms with E-state index in [0.29, 0.717) is 0 Å². The average molecular weight is 404 g/mol. The zero-order chi connectivity index (χ0) is 20.7. The van der Waals surface area contributed by atoms with Crippen LogP contribution in [0, 0.1) is 11.3 Å². The molecule has 0 amide bonds. The summed E-state index contributed by atoms with van der Waals surface area (Å²) >= 11 is 0. The molecule has 0 radical (unpaired) electrons. The van der Waals surface area contributed by atoms with Crippen LogP contribution in [0.25, 0.3) is 0 Å². The van der Waals surface area contributed by atoms with Crippen molar-refractivity contribution in [3.8, 4) is 5.75 Å². The molecule has 1 N–H and O–H groups in total. The molecule has 2 unspecified atom stereocenters. The summed E-state index contributed by atoms with van der Waals surface area (Å²) in [6.07, 6.45) is 11.5. The van der Waals surface area contributed by atoms with Gasteiger partial charge in [0.1, 0.15) is 18.5 Å². The molecule has 2 atom stereocenters. The number of rotatable bonds is 9. The van der Waals surface area contributed by atoms with Crippen molar-refractivity contribution in [3.63, 3.8) is 0 Å². The van der Waals surface area contributed by atoms with Crippen LogP contribution < -0.4 is 4.74 Å². The normalized spacial score (nSPS) is 26.9. The van der Waals surface area contributed by atoms with Crippen LogP contribution in [0.4, 0.5) is 0 Å². The molecular weight excluding hydrogens is 362 g/mol. The fourth-order valence-corrected chi connectivity index (χ4v) is 5.09. The van der Waals surface area contributed by atoms with E-state index < -0.39 is 6.10 Å². The van der Waals surface area contributed by atoms with E-state index in [2.05, 4.69) is 25.8 Å². The standard InChI is InChI=1S/C25H41NO3/c1-24(2)25(3,17-15-21-11-6-4-7-12-21)16-10-18-26(24)29-20-22(27)19-28-23-13-8-5-9-14-23/h5,8-9,13-14,21-22,27H,4,6-7,10-12,15-20H2,1-3H3. The lowest BCUT2D eigenvalue weighted by molar-refractivity contribution is -0.272. The smallest absolute Gasteiger partial charge is 0.119 e. The molecule has 164 valence electrons. The van der Waals surface area contributed by atoms with Gasteiger partial charge in [0.05, 0.1) is 6.61 Å². The monoisotopic (exact) mass is 403 g/mol. The summed E-state index contributed by atoms with van der Waals surface area (Å²) in [6.45, 7) is 8.53. The van der Waals surface area contributed by atoms with Crippen molar-refractivity contribution in [2.24, 2.45) is 11.3 Å². The molecule has 1 aliphatic carbocycles. The van der Waals surface area contributed by atoms with Crippen LogP contribution in [0.2, 0.25) is 0 Å². The molecule has 1 saturated carbocycles. The fourth-order valence-electron chi connectivity index (χ4n) is 5.09. The van der Waals surface area contributed by atoms with Gasteiger partial charge in [-0.15, -0.1) is 0 Å². The van der Waals surface area contributed by atoms with Crippen molar-refractivity contribution in [2.75, 3.05) is 19.8 Å². The van der Waals surface area contributed by atoms with Crippen LogP contribution >= 0.6 is 0 Å². The van der Waals surface area contributed by atoms with Gasteiger partial charge in [-0.3, -0.25) is 4.84 Å². The van der Waals surface area contributed by atoms with E-state index in [1.54, 1.807) is 0 Å². The van der Waals surface area contributed by atoms with Gasteiger partial charge in [0.15, 0.2) is 0 Å². The second-order valence-electron chi connectivity index (χ2n) is 9.94. The maximum absolute atomic E-state index is 10.3. The number of ether oxygens (including phenoxy) is 1. The van der Waals surface area contributed by atoms with E-state index in [1.165, 1.54) is 51.4 Å². The summed E-state index contributed by atoms with van der Waals surface area (Å²) in [4.78, 5) is 6.14. The number of piperidine rings is 1. The summed E-state index contributed by atoms with van der Waals surface area (Å²) in [7, 11) is 0. The minimum atomic E-state index is -0.638. The molecule has 0 spiro atoms. The molecular formula is C25H41NO3. The lowest BCUT2D eigenvalue weighted by Gasteiger charge is -2.54. The van der Waals surface area contributed by atoms with Crippen molar-refractivity contribution in [1.29, 1.82) is 0 Å². The molecule has 1 aromatic rings. The Bertz CT molecular complexity index is 599. The van der Waals surface area contributed by atoms with Crippen molar-refractivity contribution in [2.45, 2.75) is 90.2 Å². The molecule has 4 heteroatoms. The Kier molecular flexibility index (Phi) is 8.00. The molecule has 2 fully saturated rings. The van der Waals surface area contributed by atoms with Gasteiger partial charge in [-0.25, -0.2) is 0 Å². The third-order valence-electron chi connectivity index (χ3n) is 7.63. The van der Waals surface area contributed by atoms with Crippen molar-refractivity contribution >= 4 is 0 Å². The van der Waals surface area contributed by atoms with Crippen molar-refractivity contribution in [3.05, 3.63) is 30.3 Å². The second kappa shape index (κ2) is 10.3. The zero-order valence-corrected chi connectivity index (χ0v) is 18.7. The Morgan fingerprint density at radius 3 is 2.48 bits per heavy atom. The third kappa shape index (κ3) is 5.96. The van der Waals surface area contributed by atoms with Crippen LogP contribution in [-0.2, 0) is 4.84 Å². The molecule has 0 bridgehead atoms. The first-order chi connectivity index (χ1) is 13.9. The van der Waals surface area contributed by atoms with Crippen LogP contribution in [0.15, 0.2) is 30.3 Å². The van der Waals surface area contributed by atoms with Gasteiger partial charge in [0, 0.05) is 12.1 Å². The van der Waals surface area contributed by atoms with Crippen molar-refractivity contribution in [1.82, 2.24) is 5.06 Å². The van der Waals surface area contributed by atoms with E-state index in [4.69, 9.17) is 9.57 Å². The summed E-state index contributed by atoms with van der Waals surface area (Å²) < 4.78 is 5.66. The Morgan fingerprint density at radius 1 is 1.03 bits per heavy atom. The van der Waals surface area contributed by atoms with Gasteiger partial charge in [-0.2, -0.15) is 5.06 Å². The first kappa shape index (κ1) is 22.6. The molecule has 3 rings (SSSR count). The molecule has 4 nitrogen and oxygen atoms in total. The van der Waals surface area contributed by atoms with Crippen LogP contribution in [0.5, 0.6) is 5.75 Å². The number of hydrogen-bond acceptors (Lipinski definition) is 4. The number of aliphatic hydroxyl groups excluding tert-OH is 1. The third-order valence-corrected chi connectivity index (χ3v) is 7.63. The van der Waals surface area contributed by atoms with E-state index in [0.717, 1.165) is 24.6 Å². The molecule has 29 heavy (non-hydrogen) atoms. The molecule has 1 aromatic carbocycles. The largest absolute Gasteiger partial charge is 0.491 e. The maximum Gasteiger partial charge on any atom is 0.119 e. The highest BCUT2D eigenvalue weighted by atomic mass is 16.7. The van der Waals surface area contributed by atoms with E-state index >= 15 is 0 Å². The average Bonchev–Trinajstić information content (AvgIpc) is 2.73. The summed E-state index contributed by atoms with van der Waals surface area (Å²) in [6, 6.07) is 9.62. The van der Waals surface area contributed by atoms with Crippen LogP contribution in [-0.4, -0.2) is 41.6 Å². The van der Waals surface area contributed by atoms with E-state index in [9.17, 15) is 5.11 Å².